The number of aliphatic hydroxyl groups excluding tert-OH is 1. The first-order valence-electron chi connectivity index (χ1n) is 5.33. The lowest BCUT2D eigenvalue weighted by atomic mass is 9.95. The van der Waals surface area contributed by atoms with Gasteiger partial charge in [0.1, 0.15) is 0 Å². The smallest absolute Gasteiger partial charge is 0.0793 e. The monoisotopic (exact) mass is 185 g/mol. The highest BCUT2D eigenvalue weighted by atomic mass is 16.5. The Morgan fingerprint density at radius 3 is 2.54 bits per heavy atom. The van der Waals surface area contributed by atoms with Gasteiger partial charge in [0.15, 0.2) is 0 Å². The minimum Gasteiger partial charge on any atom is -0.390 e. The third kappa shape index (κ3) is 2.66. The molecule has 0 aliphatic carbocycles. The Labute approximate surface area is 79.7 Å². The minimum atomic E-state index is -0.0466. The van der Waals surface area contributed by atoms with E-state index >= 15 is 0 Å². The molecule has 2 aliphatic heterocycles. The summed E-state index contributed by atoms with van der Waals surface area (Å²) in [5.41, 5.74) is 0. The van der Waals surface area contributed by atoms with Gasteiger partial charge >= 0.3 is 0 Å². The Morgan fingerprint density at radius 1 is 1.23 bits per heavy atom. The van der Waals surface area contributed by atoms with Crippen molar-refractivity contribution < 1.29 is 9.84 Å². The zero-order valence-electron chi connectivity index (χ0n) is 8.11. The molecule has 0 amide bonds. The van der Waals surface area contributed by atoms with E-state index in [-0.39, 0.29) is 6.10 Å². The summed E-state index contributed by atoms with van der Waals surface area (Å²) in [7, 11) is 0. The maximum absolute atomic E-state index is 9.09. The molecule has 76 valence electrons. The van der Waals surface area contributed by atoms with Crippen molar-refractivity contribution in [1.29, 1.82) is 0 Å². The zero-order valence-corrected chi connectivity index (χ0v) is 8.11. The van der Waals surface area contributed by atoms with E-state index in [2.05, 4.69) is 4.90 Å². The average molecular weight is 185 g/mol. The molecule has 2 rings (SSSR count). The summed E-state index contributed by atoms with van der Waals surface area (Å²) in [6.07, 6.45) is 3.71. The van der Waals surface area contributed by atoms with Crippen LogP contribution in [-0.2, 0) is 4.74 Å². The fourth-order valence-corrected chi connectivity index (χ4v) is 2.13. The maximum atomic E-state index is 9.09. The lowest BCUT2D eigenvalue weighted by Crippen LogP contribution is -2.51. The molecular weight excluding hydrogens is 166 g/mol. The first-order valence-corrected chi connectivity index (χ1v) is 5.33. The van der Waals surface area contributed by atoms with Gasteiger partial charge in [-0.05, 0) is 31.7 Å². The molecule has 0 radical (unpaired) electrons. The number of β-amino-alcohol motifs (C(OH)–C–C–N with tert-alkyl or cyclic N) is 1. The van der Waals surface area contributed by atoms with Crippen LogP contribution in [0.15, 0.2) is 0 Å². The van der Waals surface area contributed by atoms with Gasteiger partial charge in [0.05, 0.1) is 6.10 Å². The molecule has 3 heteroatoms. The molecule has 0 bridgehead atoms. The molecule has 0 atom stereocenters. The molecule has 1 N–H and O–H groups in total. The second-order valence-electron chi connectivity index (χ2n) is 4.26. The Hall–Kier alpha value is -0.120. The number of likely N-dealkylation sites (tertiary alicyclic amines) is 1. The topological polar surface area (TPSA) is 32.7 Å². The minimum absolute atomic E-state index is 0.0466. The molecule has 2 saturated heterocycles. The first kappa shape index (κ1) is 9.44. The predicted molar refractivity (Wildman–Crippen MR) is 50.6 cm³/mol. The second-order valence-corrected chi connectivity index (χ2v) is 4.26. The van der Waals surface area contributed by atoms with Crippen molar-refractivity contribution >= 4 is 0 Å². The Morgan fingerprint density at radius 2 is 1.92 bits per heavy atom. The van der Waals surface area contributed by atoms with E-state index in [0.717, 1.165) is 32.2 Å². The first-order chi connectivity index (χ1) is 6.34. The van der Waals surface area contributed by atoms with Gasteiger partial charge in [0.25, 0.3) is 0 Å². The molecule has 0 spiro atoms. The Bertz CT molecular complexity index is 151. The average Bonchev–Trinajstić information content (AvgIpc) is 2.12. The molecule has 0 saturated carbocycles. The Balaban J connectivity index is 1.56. The summed E-state index contributed by atoms with van der Waals surface area (Å²) >= 11 is 0. The summed E-state index contributed by atoms with van der Waals surface area (Å²) in [5, 5.41) is 9.09. The standard InChI is InChI=1S/C10H19NO2/c12-10-7-11(8-10)4-1-9-2-5-13-6-3-9/h9-10,12H,1-8H2. The van der Waals surface area contributed by atoms with E-state index in [1.54, 1.807) is 0 Å². The van der Waals surface area contributed by atoms with E-state index in [1.807, 2.05) is 0 Å². The quantitative estimate of drug-likeness (QED) is 0.694. The molecular formula is C10H19NO2. The molecule has 0 unspecified atom stereocenters. The van der Waals surface area contributed by atoms with Crippen molar-refractivity contribution in [1.82, 2.24) is 4.90 Å². The van der Waals surface area contributed by atoms with Crippen LogP contribution in [0.2, 0.25) is 0 Å². The summed E-state index contributed by atoms with van der Waals surface area (Å²) in [4.78, 5) is 2.33. The Kier molecular flexibility index (Phi) is 3.19. The van der Waals surface area contributed by atoms with Crippen molar-refractivity contribution in [2.45, 2.75) is 25.4 Å². The largest absolute Gasteiger partial charge is 0.390 e. The number of hydrogen-bond acceptors (Lipinski definition) is 3. The third-order valence-electron chi connectivity index (χ3n) is 3.13. The number of hydrogen-bond donors (Lipinski definition) is 1. The number of aliphatic hydroxyl groups is 1. The maximum Gasteiger partial charge on any atom is 0.0793 e. The molecule has 2 heterocycles. The summed E-state index contributed by atoms with van der Waals surface area (Å²) in [6, 6.07) is 0. The highest BCUT2D eigenvalue weighted by molar-refractivity contribution is 4.79. The van der Waals surface area contributed by atoms with E-state index in [4.69, 9.17) is 9.84 Å². The molecule has 2 aliphatic rings. The van der Waals surface area contributed by atoms with Crippen LogP contribution < -0.4 is 0 Å². The molecule has 0 aromatic carbocycles. The van der Waals surface area contributed by atoms with Crippen LogP contribution in [0.5, 0.6) is 0 Å². The van der Waals surface area contributed by atoms with Crippen molar-refractivity contribution in [3.63, 3.8) is 0 Å². The second kappa shape index (κ2) is 4.40. The van der Waals surface area contributed by atoms with Gasteiger partial charge < -0.3 is 9.84 Å². The summed E-state index contributed by atoms with van der Waals surface area (Å²) in [5.74, 6) is 0.867. The highest BCUT2D eigenvalue weighted by Crippen LogP contribution is 2.20. The SMILES string of the molecule is OC1CN(CCC2CCOCC2)C1. The van der Waals surface area contributed by atoms with Gasteiger partial charge in [0, 0.05) is 26.3 Å². The van der Waals surface area contributed by atoms with Crippen LogP contribution in [-0.4, -0.2) is 49.0 Å². The van der Waals surface area contributed by atoms with Gasteiger partial charge in [-0.3, -0.25) is 4.90 Å². The molecule has 0 aromatic heterocycles. The predicted octanol–water partition coefficient (Wildman–Crippen LogP) is 0.480. The van der Waals surface area contributed by atoms with Crippen LogP contribution in [0.1, 0.15) is 19.3 Å². The van der Waals surface area contributed by atoms with E-state index in [1.165, 1.54) is 25.8 Å². The molecule has 2 fully saturated rings. The van der Waals surface area contributed by atoms with Crippen LogP contribution in [0, 0.1) is 5.92 Å². The molecule has 3 nitrogen and oxygen atoms in total. The van der Waals surface area contributed by atoms with Crippen molar-refractivity contribution in [2.75, 3.05) is 32.8 Å². The summed E-state index contributed by atoms with van der Waals surface area (Å²) in [6.45, 7) is 4.86. The summed E-state index contributed by atoms with van der Waals surface area (Å²) < 4.78 is 5.31. The van der Waals surface area contributed by atoms with Crippen LogP contribution >= 0.6 is 0 Å². The third-order valence-corrected chi connectivity index (χ3v) is 3.13. The van der Waals surface area contributed by atoms with Gasteiger partial charge in [-0.15, -0.1) is 0 Å². The number of rotatable bonds is 3. The van der Waals surface area contributed by atoms with Crippen molar-refractivity contribution in [3.8, 4) is 0 Å². The van der Waals surface area contributed by atoms with E-state index < -0.39 is 0 Å². The van der Waals surface area contributed by atoms with E-state index in [9.17, 15) is 0 Å². The van der Waals surface area contributed by atoms with Crippen LogP contribution in [0.3, 0.4) is 0 Å². The van der Waals surface area contributed by atoms with Gasteiger partial charge in [-0.1, -0.05) is 0 Å². The van der Waals surface area contributed by atoms with Gasteiger partial charge in [-0.2, -0.15) is 0 Å². The lowest BCUT2D eigenvalue weighted by Gasteiger charge is -2.37. The fraction of sp³-hybridized carbons (Fsp3) is 1.00. The van der Waals surface area contributed by atoms with Crippen LogP contribution in [0.4, 0.5) is 0 Å². The van der Waals surface area contributed by atoms with Crippen molar-refractivity contribution in [3.05, 3.63) is 0 Å². The lowest BCUT2D eigenvalue weighted by molar-refractivity contribution is -0.00586. The molecule has 13 heavy (non-hydrogen) atoms. The fourth-order valence-electron chi connectivity index (χ4n) is 2.13. The van der Waals surface area contributed by atoms with Gasteiger partial charge in [-0.25, -0.2) is 0 Å². The zero-order chi connectivity index (χ0) is 9.10. The molecule has 0 aromatic rings. The van der Waals surface area contributed by atoms with Gasteiger partial charge in [0.2, 0.25) is 0 Å². The normalized spacial score (nSPS) is 27.5. The van der Waals surface area contributed by atoms with Crippen molar-refractivity contribution in [2.24, 2.45) is 5.92 Å². The van der Waals surface area contributed by atoms with E-state index in [0.29, 0.717) is 0 Å². The highest BCUT2D eigenvalue weighted by Gasteiger charge is 2.24. The number of nitrogens with zero attached hydrogens (tertiary/aromatic N) is 1. The van der Waals surface area contributed by atoms with Crippen LogP contribution in [0.25, 0.3) is 0 Å². The number of ether oxygens (including phenoxy) is 1.